The SMILES string of the molecule is Cc1cccc2oc(CNC(=O)CCc3nc(Cl)n[nH]3)nc12. The van der Waals surface area contributed by atoms with E-state index < -0.39 is 0 Å². The van der Waals surface area contributed by atoms with E-state index in [0.717, 1.165) is 16.7 Å². The largest absolute Gasteiger partial charge is 0.439 e. The third-order valence-electron chi connectivity index (χ3n) is 3.20. The zero-order valence-corrected chi connectivity index (χ0v) is 12.6. The number of hydrogen-bond donors (Lipinski definition) is 2. The van der Waals surface area contributed by atoms with Crippen molar-refractivity contribution in [2.45, 2.75) is 26.3 Å². The molecule has 3 aromatic rings. The molecule has 0 saturated heterocycles. The number of hydrogen-bond acceptors (Lipinski definition) is 5. The molecule has 0 aliphatic carbocycles. The highest BCUT2D eigenvalue weighted by Gasteiger charge is 2.10. The van der Waals surface area contributed by atoms with Crippen LogP contribution in [-0.4, -0.2) is 26.1 Å². The van der Waals surface area contributed by atoms with Gasteiger partial charge in [-0.05, 0) is 30.2 Å². The fraction of sp³-hybridized carbons (Fsp3) is 0.286. The maximum atomic E-state index is 11.8. The number of H-pyrrole nitrogens is 1. The van der Waals surface area contributed by atoms with Crippen molar-refractivity contribution in [3.05, 3.63) is 40.8 Å². The molecule has 3 rings (SSSR count). The highest BCUT2D eigenvalue weighted by molar-refractivity contribution is 6.28. The summed E-state index contributed by atoms with van der Waals surface area (Å²) in [5.74, 6) is 0.949. The van der Waals surface area contributed by atoms with Gasteiger partial charge in [0.25, 0.3) is 0 Å². The number of nitrogens with zero attached hydrogens (tertiary/aromatic N) is 3. The molecule has 7 nitrogen and oxygen atoms in total. The number of aromatic amines is 1. The predicted octanol–water partition coefficient (Wildman–Crippen LogP) is 2.16. The lowest BCUT2D eigenvalue weighted by Crippen LogP contribution is -2.23. The van der Waals surface area contributed by atoms with Gasteiger partial charge in [0.2, 0.25) is 17.1 Å². The highest BCUT2D eigenvalue weighted by atomic mass is 35.5. The van der Waals surface area contributed by atoms with Crippen molar-refractivity contribution in [1.82, 2.24) is 25.5 Å². The molecule has 0 aliphatic rings. The second kappa shape index (κ2) is 6.15. The van der Waals surface area contributed by atoms with Crippen molar-refractivity contribution in [3.63, 3.8) is 0 Å². The lowest BCUT2D eigenvalue weighted by Gasteiger charge is -2.00. The van der Waals surface area contributed by atoms with Crippen LogP contribution in [0, 0.1) is 6.92 Å². The Hall–Kier alpha value is -2.41. The number of halogens is 1. The van der Waals surface area contributed by atoms with Crippen LogP contribution in [0.5, 0.6) is 0 Å². The molecule has 1 amide bonds. The second-order valence-corrected chi connectivity index (χ2v) is 5.20. The summed E-state index contributed by atoms with van der Waals surface area (Å²) < 4.78 is 5.59. The summed E-state index contributed by atoms with van der Waals surface area (Å²) in [6.45, 7) is 2.22. The Morgan fingerprint density at radius 1 is 1.41 bits per heavy atom. The molecule has 0 saturated carbocycles. The minimum absolute atomic E-state index is 0.119. The third kappa shape index (κ3) is 3.25. The summed E-state index contributed by atoms with van der Waals surface area (Å²) in [4.78, 5) is 20.1. The average Bonchev–Trinajstić information content (AvgIpc) is 3.10. The smallest absolute Gasteiger partial charge is 0.242 e. The molecule has 0 spiro atoms. The maximum Gasteiger partial charge on any atom is 0.242 e. The summed E-state index contributed by atoms with van der Waals surface area (Å²) in [7, 11) is 0. The van der Waals surface area contributed by atoms with E-state index in [2.05, 4.69) is 25.5 Å². The first-order chi connectivity index (χ1) is 10.6. The first kappa shape index (κ1) is 14.5. The molecular weight excluding hydrogens is 306 g/mol. The van der Waals surface area contributed by atoms with Crippen LogP contribution in [0.2, 0.25) is 5.28 Å². The van der Waals surface area contributed by atoms with E-state index in [-0.39, 0.29) is 24.2 Å². The number of oxazole rings is 1. The molecular formula is C14H14ClN5O2. The number of carbonyl (C=O) groups excluding carboxylic acids is 1. The van der Waals surface area contributed by atoms with Crippen molar-refractivity contribution in [3.8, 4) is 0 Å². The van der Waals surface area contributed by atoms with E-state index >= 15 is 0 Å². The van der Waals surface area contributed by atoms with Gasteiger partial charge in [-0.1, -0.05) is 12.1 Å². The lowest BCUT2D eigenvalue weighted by atomic mass is 10.2. The van der Waals surface area contributed by atoms with Crippen molar-refractivity contribution in [1.29, 1.82) is 0 Å². The highest BCUT2D eigenvalue weighted by Crippen LogP contribution is 2.18. The molecule has 114 valence electrons. The summed E-state index contributed by atoms with van der Waals surface area (Å²) in [6.07, 6.45) is 0.725. The summed E-state index contributed by atoms with van der Waals surface area (Å²) >= 11 is 5.59. The molecule has 2 N–H and O–H groups in total. The Balaban J connectivity index is 1.54. The Bertz CT molecular complexity index is 811. The molecule has 0 radical (unpaired) electrons. The quantitative estimate of drug-likeness (QED) is 0.751. The number of amides is 1. The molecule has 2 heterocycles. The zero-order valence-electron chi connectivity index (χ0n) is 11.9. The van der Waals surface area contributed by atoms with Crippen molar-refractivity contribution < 1.29 is 9.21 Å². The molecule has 0 bridgehead atoms. The first-order valence-electron chi connectivity index (χ1n) is 6.80. The predicted molar refractivity (Wildman–Crippen MR) is 80.3 cm³/mol. The topological polar surface area (TPSA) is 96.7 Å². The summed E-state index contributed by atoms with van der Waals surface area (Å²) in [5, 5.41) is 9.26. The number of benzene rings is 1. The summed E-state index contributed by atoms with van der Waals surface area (Å²) in [6, 6.07) is 5.73. The molecule has 2 aromatic heterocycles. The van der Waals surface area contributed by atoms with Crippen molar-refractivity contribution in [2.24, 2.45) is 0 Å². The van der Waals surface area contributed by atoms with Crippen LogP contribution in [0.25, 0.3) is 11.1 Å². The first-order valence-corrected chi connectivity index (χ1v) is 7.18. The number of fused-ring (bicyclic) bond motifs is 1. The van der Waals surface area contributed by atoms with Gasteiger partial charge in [0, 0.05) is 12.8 Å². The number of rotatable bonds is 5. The third-order valence-corrected chi connectivity index (χ3v) is 3.36. The standard InChI is InChI=1S/C14H14ClN5O2/c1-8-3-2-4-9-13(8)18-12(22-9)7-16-11(21)6-5-10-17-14(15)20-19-10/h2-4H,5-7H2,1H3,(H,16,21)(H,17,19,20). The van der Waals surface area contributed by atoms with Crippen LogP contribution >= 0.6 is 11.6 Å². The van der Waals surface area contributed by atoms with Crippen LogP contribution in [0.1, 0.15) is 23.7 Å². The van der Waals surface area contributed by atoms with Gasteiger partial charge in [-0.15, -0.1) is 5.10 Å². The number of carbonyl (C=O) groups is 1. The monoisotopic (exact) mass is 319 g/mol. The van der Waals surface area contributed by atoms with Gasteiger partial charge in [-0.25, -0.2) is 9.97 Å². The molecule has 0 unspecified atom stereocenters. The fourth-order valence-corrected chi connectivity index (χ4v) is 2.23. The molecule has 0 atom stereocenters. The lowest BCUT2D eigenvalue weighted by molar-refractivity contribution is -0.121. The van der Waals surface area contributed by atoms with Gasteiger partial charge in [0.1, 0.15) is 11.3 Å². The van der Waals surface area contributed by atoms with Gasteiger partial charge in [0.05, 0.1) is 6.54 Å². The van der Waals surface area contributed by atoms with Crippen LogP contribution < -0.4 is 5.32 Å². The van der Waals surface area contributed by atoms with E-state index in [9.17, 15) is 4.79 Å². The normalized spacial score (nSPS) is 11.0. The molecule has 8 heteroatoms. The Kier molecular flexibility index (Phi) is 4.06. The van der Waals surface area contributed by atoms with E-state index in [0.29, 0.717) is 18.1 Å². The number of aromatic nitrogens is 4. The number of aryl methyl sites for hydroxylation is 2. The minimum atomic E-state index is -0.119. The van der Waals surface area contributed by atoms with Gasteiger partial charge in [-0.2, -0.15) is 0 Å². The minimum Gasteiger partial charge on any atom is -0.439 e. The van der Waals surface area contributed by atoms with E-state index in [1.165, 1.54) is 0 Å². The number of nitrogens with one attached hydrogen (secondary N) is 2. The van der Waals surface area contributed by atoms with E-state index in [4.69, 9.17) is 16.0 Å². The van der Waals surface area contributed by atoms with Gasteiger partial charge in [-0.3, -0.25) is 9.89 Å². The van der Waals surface area contributed by atoms with Crippen LogP contribution in [0.3, 0.4) is 0 Å². The summed E-state index contributed by atoms with van der Waals surface area (Å²) in [5.41, 5.74) is 2.59. The average molecular weight is 320 g/mol. The Labute approximate surface area is 131 Å². The van der Waals surface area contributed by atoms with Crippen LogP contribution in [0.4, 0.5) is 0 Å². The van der Waals surface area contributed by atoms with E-state index in [1.807, 2.05) is 25.1 Å². The Morgan fingerprint density at radius 3 is 3.00 bits per heavy atom. The van der Waals surface area contributed by atoms with Gasteiger partial charge < -0.3 is 9.73 Å². The van der Waals surface area contributed by atoms with Crippen molar-refractivity contribution in [2.75, 3.05) is 0 Å². The van der Waals surface area contributed by atoms with Crippen LogP contribution in [-0.2, 0) is 17.8 Å². The molecule has 1 aromatic carbocycles. The van der Waals surface area contributed by atoms with E-state index in [1.54, 1.807) is 0 Å². The Morgan fingerprint density at radius 2 is 2.27 bits per heavy atom. The zero-order chi connectivity index (χ0) is 15.5. The van der Waals surface area contributed by atoms with Crippen LogP contribution in [0.15, 0.2) is 22.6 Å². The number of para-hydroxylation sites is 1. The van der Waals surface area contributed by atoms with Gasteiger partial charge >= 0.3 is 0 Å². The fourth-order valence-electron chi connectivity index (χ4n) is 2.09. The van der Waals surface area contributed by atoms with Crippen molar-refractivity contribution >= 4 is 28.6 Å². The maximum absolute atomic E-state index is 11.8. The second-order valence-electron chi connectivity index (χ2n) is 4.86. The molecule has 22 heavy (non-hydrogen) atoms. The molecule has 0 aliphatic heterocycles. The molecule has 0 fully saturated rings. The van der Waals surface area contributed by atoms with Gasteiger partial charge in [0.15, 0.2) is 5.58 Å².